The van der Waals surface area contributed by atoms with E-state index in [9.17, 15) is 0 Å². The number of halogens is 1. The molecule has 4 heteroatoms. The van der Waals surface area contributed by atoms with Gasteiger partial charge in [-0.1, -0.05) is 90.5 Å². The third-order valence-electron chi connectivity index (χ3n) is 4.56. The van der Waals surface area contributed by atoms with Crippen LogP contribution in [0.4, 0.5) is 5.95 Å². The highest BCUT2D eigenvalue weighted by molar-refractivity contribution is 6.31. The molecule has 0 aliphatic carbocycles. The van der Waals surface area contributed by atoms with E-state index in [0.29, 0.717) is 11.0 Å². The molecule has 0 amide bonds. The van der Waals surface area contributed by atoms with Gasteiger partial charge in [0.05, 0.1) is 0 Å². The highest BCUT2D eigenvalue weighted by Crippen LogP contribution is 2.42. The van der Waals surface area contributed by atoms with E-state index in [1.165, 1.54) is 0 Å². The Morgan fingerprint density at radius 2 is 1.15 bits per heavy atom. The molecule has 0 atom stereocenters. The van der Waals surface area contributed by atoms with Crippen LogP contribution in [0.15, 0.2) is 103 Å². The van der Waals surface area contributed by atoms with Crippen LogP contribution in [0.5, 0.6) is 0 Å². The summed E-state index contributed by atoms with van der Waals surface area (Å²) in [6.07, 6.45) is 3.45. The summed E-state index contributed by atoms with van der Waals surface area (Å²) in [6, 6.07) is 30.1. The van der Waals surface area contributed by atoms with Gasteiger partial charge in [0.1, 0.15) is 5.54 Å². The van der Waals surface area contributed by atoms with E-state index in [2.05, 4.69) is 39.6 Å². The van der Waals surface area contributed by atoms with Crippen LogP contribution < -0.4 is 5.32 Å². The standard InChI is InChI=1S/C23H18ClN3/c24-21-15-8-7-14-20(21)23(18-10-3-1-4-11-18,19-12-5-2-6-13-19)27-22-25-16-9-17-26-22/h1-17H,(H,25,26,27). The summed E-state index contributed by atoms with van der Waals surface area (Å²) in [5, 5.41) is 4.25. The van der Waals surface area contributed by atoms with E-state index in [0.717, 1.165) is 16.7 Å². The number of aromatic nitrogens is 2. The van der Waals surface area contributed by atoms with Gasteiger partial charge in [-0.3, -0.25) is 0 Å². The van der Waals surface area contributed by atoms with Gasteiger partial charge in [-0.25, -0.2) is 9.97 Å². The minimum absolute atomic E-state index is 0.533. The van der Waals surface area contributed by atoms with Crippen molar-refractivity contribution in [3.63, 3.8) is 0 Å². The van der Waals surface area contributed by atoms with Crippen molar-refractivity contribution in [2.75, 3.05) is 5.32 Å². The number of nitrogens with one attached hydrogen (secondary N) is 1. The van der Waals surface area contributed by atoms with Gasteiger partial charge in [0.2, 0.25) is 5.95 Å². The zero-order valence-corrected chi connectivity index (χ0v) is 15.3. The van der Waals surface area contributed by atoms with E-state index >= 15 is 0 Å². The molecule has 3 aromatic carbocycles. The van der Waals surface area contributed by atoms with Gasteiger partial charge in [0.15, 0.2) is 0 Å². The molecule has 3 nitrogen and oxygen atoms in total. The molecule has 0 aliphatic rings. The Morgan fingerprint density at radius 1 is 0.630 bits per heavy atom. The van der Waals surface area contributed by atoms with Crippen LogP contribution in [0.2, 0.25) is 5.02 Å². The quantitative estimate of drug-likeness (QED) is 0.468. The van der Waals surface area contributed by atoms with Gasteiger partial charge in [-0.05, 0) is 23.3 Å². The minimum Gasteiger partial charge on any atom is -0.336 e. The second-order valence-corrected chi connectivity index (χ2v) is 6.57. The largest absolute Gasteiger partial charge is 0.336 e. The van der Waals surface area contributed by atoms with Gasteiger partial charge in [-0.2, -0.15) is 0 Å². The lowest BCUT2D eigenvalue weighted by molar-refractivity contribution is 0.700. The number of rotatable bonds is 5. The predicted octanol–water partition coefficient (Wildman–Crippen LogP) is 5.53. The Balaban J connectivity index is 2.04. The van der Waals surface area contributed by atoms with Gasteiger partial charge in [0.25, 0.3) is 0 Å². The Morgan fingerprint density at radius 3 is 1.70 bits per heavy atom. The summed E-state index contributed by atoms with van der Waals surface area (Å²) in [7, 11) is 0. The first-order valence-corrected chi connectivity index (χ1v) is 9.10. The molecule has 0 fully saturated rings. The minimum atomic E-state index is -0.734. The van der Waals surface area contributed by atoms with Gasteiger partial charge >= 0.3 is 0 Å². The van der Waals surface area contributed by atoms with Gasteiger partial charge in [0, 0.05) is 23.0 Å². The van der Waals surface area contributed by atoms with E-state index in [4.69, 9.17) is 11.6 Å². The van der Waals surface area contributed by atoms with Crippen LogP contribution in [-0.4, -0.2) is 9.97 Å². The summed E-state index contributed by atoms with van der Waals surface area (Å²) in [5.41, 5.74) is 2.31. The molecule has 4 rings (SSSR count). The maximum atomic E-state index is 6.69. The first kappa shape index (κ1) is 17.3. The fraction of sp³-hybridized carbons (Fsp3) is 0.0435. The van der Waals surface area contributed by atoms with E-state index < -0.39 is 5.54 Å². The van der Waals surface area contributed by atoms with Crippen LogP contribution >= 0.6 is 11.6 Å². The topological polar surface area (TPSA) is 37.8 Å². The molecule has 0 saturated heterocycles. The first-order chi connectivity index (χ1) is 13.3. The van der Waals surface area contributed by atoms with Crippen LogP contribution in [-0.2, 0) is 5.54 Å². The van der Waals surface area contributed by atoms with Crippen molar-refractivity contribution in [3.05, 3.63) is 125 Å². The molecule has 27 heavy (non-hydrogen) atoms. The molecule has 1 heterocycles. The highest BCUT2D eigenvalue weighted by Gasteiger charge is 2.38. The Kier molecular flexibility index (Phi) is 4.86. The Labute approximate surface area is 163 Å². The van der Waals surface area contributed by atoms with Crippen LogP contribution in [0, 0.1) is 0 Å². The maximum absolute atomic E-state index is 6.69. The van der Waals surface area contributed by atoms with E-state index in [1.807, 2.05) is 60.7 Å². The zero-order chi connectivity index (χ0) is 18.5. The lowest BCUT2D eigenvalue weighted by Crippen LogP contribution is -2.39. The van der Waals surface area contributed by atoms with E-state index in [1.54, 1.807) is 18.5 Å². The van der Waals surface area contributed by atoms with Crippen molar-refractivity contribution in [1.29, 1.82) is 0 Å². The molecular weight excluding hydrogens is 354 g/mol. The van der Waals surface area contributed by atoms with Crippen LogP contribution in [0.1, 0.15) is 16.7 Å². The Bertz CT molecular complexity index is 966. The first-order valence-electron chi connectivity index (χ1n) is 8.72. The third-order valence-corrected chi connectivity index (χ3v) is 4.89. The van der Waals surface area contributed by atoms with Crippen molar-refractivity contribution in [2.45, 2.75) is 5.54 Å². The maximum Gasteiger partial charge on any atom is 0.223 e. The average Bonchev–Trinajstić information content (AvgIpc) is 2.75. The lowest BCUT2D eigenvalue weighted by atomic mass is 9.77. The summed E-state index contributed by atoms with van der Waals surface area (Å²) in [4.78, 5) is 8.81. The van der Waals surface area contributed by atoms with Gasteiger partial charge in [-0.15, -0.1) is 0 Å². The predicted molar refractivity (Wildman–Crippen MR) is 110 cm³/mol. The average molecular weight is 372 g/mol. The highest BCUT2D eigenvalue weighted by atomic mass is 35.5. The SMILES string of the molecule is Clc1ccccc1C(Nc1ncccn1)(c1ccccc1)c1ccccc1. The number of hydrogen-bond acceptors (Lipinski definition) is 3. The summed E-state index contributed by atoms with van der Waals surface area (Å²) >= 11 is 6.69. The van der Waals surface area contributed by atoms with Crippen molar-refractivity contribution in [1.82, 2.24) is 9.97 Å². The molecule has 0 spiro atoms. The summed E-state index contributed by atoms with van der Waals surface area (Å²) in [6.45, 7) is 0. The van der Waals surface area contributed by atoms with Crippen molar-refractivity contribution in [3.8, 4) is 0 Å². The number of anilines is 1. The van der Waals surface area contributed by atoms with E-state index in [-0.39, 0.29) is 0 Å². The zero-order valence-electron chi connectivity index (χ0n) is 14.6. The third kappa shape index (κ3) is 3.29. The normalized spacial score (nSPS) is 11.1. The monoisotopic (exact) mass is 371 g/mol. The second-order valence-electron chi connectivity index (χ2n) is 6.16. The fourth-order valence-corrected chi connectivity index (χ4v) is 3.64. The number of benzene rings is 3. The van der Waals surface area contributed by atoms with Crippen LogP contribution in [0.3, 0.4) is 0 Å². The molecule has 0 radical (unpaired) electrons. The molecule has 132 valence electrons. The van der Waals surface area contributed by atoms with Crippen molar-refractivity contribution < 1.29 is 0 Å². The van der Waals surface area contributed by atoms with Crippen molar-refractivity contribution in [2.24, 2.45) is 0 Å². The molecular formula is C23H18ClN3. The Hall–Kier alpha value is -3.17. The molecule has 0 aliphatic heterocycles. The molecule has 0 bridgehead atoms. The van der Waals surface area contributed by atoms with Crippen LogP contribution in [0.25, 0.3) is 0 Å². The smallest absolute Gasteiger partial charge is 0.223 e. The second kappa shape index (κ2) is 7.60. The summed E-state index contributed by atoms with van der Waals surface area (Å²) < 4.78 is 0. The fourth-order valence-electron chi connectivity index (χ4n) is 3.36. The molecule has 0 saturated carbocycles. The molecule has 0 unspecified atom stereocenters. The number of nitrogens with zero attached hydrogens (tertiary/aromatic N) is 2. The molecule has 1 N–H and O–H groups in total. The van der Waals surface area contributed by atoms with Crippen molar-refractivity contribution >= 4 is 17.5 Å². The lowest BCUT2D eigenvalue weighted by Gasteiger charge is -2.37. The molecule has 1 aromatic heterocycles. The number of hydrogen-bond donors (Lipinski definition) is 1. The van der Waals surface area contributed by atoms with Gasteiger partial charge < -0.3 is 5.32 Å². The summed E-state index contributed by atoms with van der Waals surface area (Å²) in [5.74, 6) is 0.533. The molecule has 4 aromatic rings.